The standard InChI is InChI=1S/C16H22O2/c1-2-7-15-10-6-11-16(18-15)13-17-12-14-8-4-3-5-9-14/h2-5,8-9,15-16H,1,6-7,10-13H2/t15-,16+/m0/s1. The first-order chi connectivity index (χ1) is 8.88. The fourth-order valence-electron chi connectivity index (χ4n) is 2.35. The molecule has 0 unspecified atom stereocenters. The topological polar surface area (TPSA) is 18.5 Å². The van der Waals surface area contributed by atoms with Crippen molar-refractivity contribution in [1.29, 1.82) is 0 Å². The Morgan fingerprint density at radius 2 is 2.00 bits per heavy atom. The van der Waals surface area contributed by atoms with Gasteiger partial charge in [-0.25, -0.2) is 0 Å². The molecule has 0 aromatic heterocycles. The summed E-state index contributed by atoms with van der Waals surface area (Å²) >= 11 is 0. The summed E-state index contributed by atoms with van der Waals surface area (Å²) in [6.07, 6.45) is 7.00. The van der Waals surface area contributed by atoms with Gasteiger partial charge in [0.2, 0.25) is 0 Å². The summed E-state index contributed by atoms with van der Waals surface area (Å²) in [5.41, 5.74) is 1.22. The minimum Gasteiger partial charge on any atom is -0.374 e. The number of benzene rings is 1. The summed E-state index contributed by atoms with van der Waals surface area (Å²) in [7, 11) is 0. The molecule has 0 saturated carbocycles. The van der Waals surface area contributed by atoms with Gasteiger partial charge < -0.3 is 9.47 Å². The van der Waals surface area contributed by atoms with Crippen LogP contribution >= 0.6 is 0 Å². The second kappa shape index (κ2) is 7.34. The summed E-state index contributed by atoms with van der Waals surface area (Å²) in [5, 5.41) is 0. The van der Waals surface area contributed by atoms with Crippen LogP contribution in [0.3, 0.4) is 0 Å². The van der Waals surface area contributed by atoms with Crippen LogP contribution in [0.25, 0.3) is 0 Å². The van der Waals surface area contributed by atoms with Crippen LogP contribution in [0, 0.1) is 0 Å². The van der Waals surface area contributed by atoms with Gasteiger partial charge in [0.15, 0.2) is 0 Å². The lowest BCUT2D eigenvalue weighted by atomic mass is 10.0. The minimum atomic E-state index is 0.257. The Morgan fingerprint density at radius 3 is 2.78 bits per heavy atom. The first kappa shape index (κ1) is 13.3. The van der Waals surface area contributed by atoms with E-state index in [0.29, 0.717) is 19.3 Å². The average Bonchev–Trinajstić information content (AvgIpc) is 2.41. The van der Waals surface area contributed by atoms with Crippen LogP contribution in [0.2, 0.25) is 0 Å². The molecule has 2 atom stereocenters. The number of hydrogen-bond donors (Lipinski definition) is 0. The molecule has 2 heteroatoms. The summed E-state index contributed by atoms with van der Waals surface area (Å²) in [6, 6.07) is 10.3. The van der Waals surface area contributed by atoms with Gasteiger partial charge in [-0.15, -0.1) is 6.58 Å². The molecule has 1 aliphatic heterocycles. The SMILES string of the molecule is C=CC[C@H]1CCC[C@H](COCc2ccccc2)O1. The molecule has 1 heterocycles. The Balaban J connectivity index is 1.68. The third kappa shape index (κ3) is 4.28. The highest BCUT2D eigenvalue weighted by atomic mass is 16.5. The third-order valence-electron chi connectivity index (χ3n) is 3.28. The van der Waals surface area contributed by atoms with E-state index < -0.39 is 0 Å². The maximum absolute atomic E-state index is 5.97. The van der Waals surface area contributed by atoms with E-state index in [2.05, 4.69) is 18.7 Å². The zero-order chi connectivity index (χ0) is 12.6. The molecule has 98 valence electrons. The highest BCUT2D eigenvalue weighted by molar-refractivity contribution is 5.13. The lowest BCUT2D eigenvalue weighted by Crippen LogP contribution is -2.30. The Kier molecular flexibility index (Phi) is 5.43. The van der Waals surface area contributed by atoms with Gasteiger partial charge in [-0.2, -0.15) is 0 Å². The van der Waals surface area contributed by atoms with Gasteiger partial charge in [-0.05, 0) is 31.2 Å². The van der Waals surface area contributed by atoms with E-state index in [1.54, 1.807) is 0 Å². The minimum absolute atomic E-state index is 0.257. The van der Waals surface area contributed by atoms with Crippen molar-refractivity contribution in [2.75, 3.05) is 6.61 Å². The second-order valence-corrected chi connectivity index (χ2v) is 4.84. The average molecular weight is 246 g/mol. The van der Waals surface area contributed by atoms with E-state index in [1.165, 1.54) is 12.0 Å². The molecular formula is C16H22O2. The van der Waals surface area contributed by atoms with Gasteiger partial charge in [-0.3, -0.25) is 0 Å². The maximum Gasteiger partial charge on any atom is 0.0812 e. The third-order valence-corrected chi connectivity index (χ3v) is 3.28. The zero-order valence-electron chi connectivity index (χ0n) is 10.9. The van der Waals surface area contributed by atoms with Crippen LogP contribution < -0.4 is 0 Å². The van der Waals surface area contributed by atoms with Crippen molar-refractivity contribution in [2.24, 2.45) is 0 Å². The molecule has 1 saturated heterocycles. The van der Waals surface area contributed by atoms with Gasteiger partial charge in [-0.1, -0.05) is 36.4 Å². The van der Waals surface area contributed by atoms with Crippen LogP contribution in [-0.2, 0) is 16.1 Å². The number of rotatable bonds is 6. The number of hydrogen-bond acceptors (Lipinski definition) is 2. The van der Waals surface area contributed by atoms with Gasteiger partial charge >= 0.3 is 0 Å². The molecule has 0 bridgehead atoms. The number of ether oxygens (including phenoxy) is 2. The van der Waals surface area contributed by atoms with E-state index in [-0.39, 0.29) is 6.10 Å². The predicted molar refractivity (Wildman–Crippen MR) is 73.4 cm³/mol. The van der Waals surface area contributed by atoms with Crippen LogP contribution in [0.5, 0.6) is 0 Å². The van der Waals surface area contributed by atoms with E-state index in [1.807, 2.05) is 24.3 Å². The van der Waals surface area contributed by atoms with Gasteiger partial charge in [0, 0.05) is 0 Å². The van der Waals surface area contributed by atoms with Gasteiger partial charge in [0.1, 0.15) is 0 Å². The van der Waals surface area contributed by atoms with E-state index in [0.717, 1.165) is 19.3 Å². The Labute approximate surface area is 110 Å². The van der Waals surface area contributed by atoms with Gasteiger partial charge in [0.25, 0.3) is 0 Å². The first-order valence-corrected chi connectivity index (χ1v) is 6.76. The van der Waals surface area contributed by atoms with E-state index in [4.69, 9.17) is 9.47 Å². The molecule has 2 rings (SSSR count). The Hall–Kier alpha value is -1.12. The van der Waals surface area contributed by atoms with Crippen molar-refractivity contribution in [2.45, 2.75) is 44.5 Å². The molecule has 0 N–H and O–H groups in total. The van der Waals surface area contributed by atoms with Crippen LogP contribution in [-0.4, -0.2) is 18.8 Å². The normalized spacial score (nSPS) is 23.8. The van der Waals surface area contributed by atoms with Crippen molar-refractivity contribution >= 4 is 0 Å². The van der Waals surface area contributed by atoms with E-state index >= 15 is 0 Å². The fraction of sp³-hybridized carbons (Fsp3) is 0.500. The quantitative estimate of drug-likeness (QED) is 0.712. The summed E-state index contributed by atoms with van der Waals surface area (Å²) < 4.78 is 11.7. The summed E-state index contributed by atoms with van der Waals surface area (Å²) in [6.45, 7) is 5.14. The lowest BCUT2D eigenvalue weighted by molar-refractivity contribution is -0.0871. The molecule has 1 aliphatic rings. The highest BCUT2D eigenvalue weighted by Crippen LogP contribution is 2.21. The smallest absolute Gasteiger partial charge is 0.0812 e. The largest absolute Gasteiger partial charge is 0.374 e. The van der Waals surface area contributed by atoms with Crippen LogP contribution in [0.1, 0.15) is 31.2 Å². The molecule has 1 aromatic rings. The highest BCUT2D eigenvalue weighted by Gasteiger charge is 2.21. The fourth-order valence-corrected chi connectivity index (χ4v) is 2.35. The van der Waals surface area contributed by atoms with Crippen molar-refractivity contribution < 1.29 is 9.47 Å². The van der Waals surface area contributed by atoms with Gasteiger partial charge in [0.05, 0.1) is 25.4 Å². The van der Waals surface area contributed by atoms with Crippen molar-refractivity contribution in [3.05, 3.63) is 48.6 Å². The van der Waals surface area contributed by atoms with Crippen LogP contribution in [0.15, 0.2) is 43.0 Å². The molecule has 1 fully saturated rings. The molecule has 0 amide bonds. The molecule has 0 aliphatic carbocycles. The molecule has 0 radical (unpaired) electrons. The van der Waals surface area contributed by atoms with Crippen molar-refractivity contribution in [3.8, 4) is 0 Å². The van der Waals surface area contributed by atoms with Crippen LogP contribution in [0.4, 0.5) is 0 Å². The van der Waals surface area contributed by atoms with Crippen molar-refractivity contribution in [3.63, 3.8) is 0 Å². The molecule has 2 nitrogen and oxygen atoms in total. The first-order valence-electron chi connectivity index (χ1n) is 6.76. The molecule has 1 aromatic carbocycles. The monoisotopic (exact) mass is 246 g/mol. The summed E-state index contributed by atoms with van der Waals surface area (Å²) in [4.78, 5) is 0. The molecule has 0 spiro atoms. The maximum atomic E-state index is 5.97. The lowest BCUT2D eigenvalue weighted by Gasteiger charge is -2.29. The summed E-state index contributed by atoms with van der Waals surface area (Å²) in [5.74, 6) is 0. The second-order valence-electron chi connectivity index (χ2n) is 4.84. The van der Waals surface area contributed by atoms with E-state index in [9.17, 15) is 0 Å². The molecular weight excluding hydrogens is 224 g/mol. The predicted octanol–water partition coefficient (Wildman–Crippen LogP) is 3.72. The zero-order valence-corrected chi connectivity index (χ0v) is 10.9. The Bertz CT molecular complexity index is 347. The molecule has 18 heavy (non-hydrogen) atoms. The van der Waals surface area contributed by atoms with Crippen molar-refractivity contribution in [1.82, 2.24) is 0 Å². The Morgan fingerprint density at radius 1 is 1.22 bits per heavy atom.